The van der Waals surface area contributed by atoms with Gasteiger partial charge in [0.15, 0.2) is 6.61 Å². The largest absolute Gasteiger partial charge is 0.455 e. The van der Waals surface area contributed by atoms with Gasteiger partial charge in [-0.2, -0.15) is 0 Å². The molecule has 0 saturated carbocycles. The Labute approximate surface area is 130 Å². The number of carbonyl (C=O) groups excluding carboxylic acids is 3. The van der Waals surface area contributed by atoms with Crippen molar-refractivity contribution in [2.45, 2.75) is 20.8 Å². The third kappa shape index (κ3) is 5.95. The summed E-state index contributed by atoms with van der Waals surface area (Å²) in [5, 5.41) is 2.70. The maximum atomic E-state index is 11.8. The van der Waals surface area contributed by atoms with E-state index in [4.69, 9.17) is 4.74 Å². The molecule has 0 aliphatic rings. The molecule has 0 aliphatic carbocycles. The topological polar surface area (TPSA) is 75.7 Å². The van der Waals surface area contributed by atoms with Gasteiger partial charge in [0.05, 0.1) is 12.5 Å². The number of benzene rings is 1. The summed E-state index contributed by atoms with van der Waals surface area (Å²) in [5.74, 6) is -1.46. The van der Waals surface area contributed by atoms with Gasteiger partial charge < -0.3 is 15.0 Å². The molecule has 120 valence electrons. The zero-order valence-electron chi connectivity index (χ0n) is 13.4. The van der Waals surface area contributed by atoms with Crippen molar-refractivity contribution in [1.29, 1.82) is 0 Å². The van der Waals surface area contributed by atoms with E-state index in [1.165, 1.54) is 11.9 Å². The summed E-state index contributed by atoms with van der Waals surface area (Å²) in [6, 6.07) is 7.35. The van der Waals surface area contributed by atoms with Crippen molar-refractivity contribution >= 4 is 23.5 Å². The number of ether oxygens (including phenoxy) is 1. The lowest BCUT2D eigenvalue weighted by Crippen LogP contribution is -2.37. The number of nitrogens with one attached hydrogen (secondary N) is 1. The van der Waals surface area contributed by atoms with E-state index < -0.39 is 11.9 Å². The SMILES string of the molecule is Cc1ccc(NC(=O)CN(C)C(=O)COC(=O)C(C)C)cc1. The van der Waals surface area contributed by atoms with E-state index in [9.17, 15) is 14.4 Å². The Balaban J connectivity index is 2.41. The quantitative estimate of drug-likeness (QED) is 0.810. The number of amides is 2. The van der Waals surface area contributed by atoms with Gasteiger partial charge in [0, 0.05) is 12.7 Å². The number of anilines is 1. The molecule has 1 aromatic rings. The second-order valence-corrected chi connectivity index (χ2v) is 5.43. The standard InChI is InChI=1S/C16H22N2O4/c1-11(2)16(21)22-10-15(20)18(4)9-14(19)17-13-7-5-12(3)6-8-13/h5-8,11H,9-10H2,1-4H3,(H,17,19). The van der Waals surface area contributed by atoms with Gasteiger partial charge in [-0.25, -0.2) is 0 Å². The van der Waals surface area contributed by atoms with Crippen LogP contribution in [-0.2, 0) is 19.1 Å². The van der Waals surface area contributed by atoms with Crippen LogP contribution in [0.25, 0.3) is 0 Å². The van der Waals surface area contributed by atoms with E-state index in [0.717, 1.165) is 5.56 Å². The average molecular weight is 306 g/mol. The van der Waals surface area contributed by atoms with Crippen molar-refractivity contribution in [3.8, 4) is 0 Å². The minimum Gasteiger partial charge on any atom is -0.455 e. The number of likely N-dealkylation sites (N-methyl/N-ethyl adjacent to an activating group) is 1. The summed E-state index contributed by atoms with van der Waals surface area (Å²) in [6.07, 6.45) is 0. The molecule has 0 bridgehead atoms. The number of hydrogen-bond donors (Lipinski definition) is 1. The molecule has 0 radical (unpaired) electrons. The van der Waals surface area contributed by atoms with Crippen LogP contribution in [0.5, 0.6) is 0 Å². The van der Waals surface area contributed by atoms with Crippen LogP contribution < -0.4 is 5.32 Å². The molecule has 1 rings (SSSR count). The van der Waals surface area contributed by atoms with Crippen molar-refractivity contribution in [2.75, 3.05) is 25.5 Å². The zero-order chi connectivity index (χ0) is 16.7. The third-order valence-corrected chi connectivity index (χ3v) is 2.95. The fraction of sp³-hybridized carbons (Fsp3) is 0.438. The molecule has 0 unspecified atom stereocenters. The van der Waals surface area contributed by atoms with Crippen molar-refractivity contribution < 1.29 is 19.1 Å². The number of hydrogen-bond acceptors (Lipinski definition) is 4. The molecule has 0 spiro atoms. The smallest absolute Gasteiger partial charge is 0.308 e. The van der Waals surface area contributed by atoms with Crippen LogP contribution in [0.15, 0.2) is 24.3 Å². The number of carbonyl (C=O) groups is 3. The molecule has 6 heteroatoms. The highest BCUT2D eigenvalue weighted by Gasteiger charge is 2.16. The van der Waals surface area contributed by atoms with Crippen LogP contribution in [0.1, 0.15) is 19.4 Å². The highest BCUT2D eigenvalue weighted by atomic mass is 16.5. The minimum absolute atomic E-state index is 0.105. The molecule has 1 aromatic carbocycles. The summed E-state index contributed by atoms with van der Waals surface area (Å²) >= 11 is 0. The van der Waals surface area contributed by atoms with E-state index >= 15 is 0 Å². The molecule has 0 saturated heterocycles. The maximum absolute atomic E-state index is 11.8. The molecule has 6 nitrogen and oxygen atoms in total. The summed E-state index contributed by atoms with van der Waals surface area (Å²) in [6.45, 7) is 4.87. The van der Waals surface area contributed by atoms with Crippen LogP contribution in [0.4, 0.5) is 5.69 Å². The Morgan fingerprint density at radius 3 is 2.32 bits per heavy atom. The Morgan fingerprint density at radius 1 is 1.18 bits per heavy atom. The van der Waals surface area contributed by atoms with Crippen molar-refractivity contribution in [3.05, 3.63) is 29.8 Å². The maximum Gasteiger partial charge on any atom is 0.308 e. The summed E-state index contributed by atoms with van der Waals surface area (Å²) < 4.78 is 4.84. The van der Waals surface area contributed by atoms with Gasteiger partial charge in [-0.15, -0.1) is 0 Å². The monoisotopic (exact) mass is 306 g/mol. The number of aryl methyl sites for hydroxylation is 1. The van der Waals surface area contributed by atoms with Crippen LogP contribution in [0.2, 0.25) is 0 Å². The Kier molecular flexibility index (Phi) is 6.56. The molecule has 0 aromatic heterocycles. The zero-order valence-corrected chi connectivity index (χ0v) is 13.4. The lowest BCUT2D eigenvalue weighted by atomic mass is 10.2. The normalized spacial score (nSPS) is 10.2. The predicted octanol–water partition coefficient (Wildman–Crippen LogP) is 1.59. The van der Waals surface area contributed by atoms with E-state index in [2.05, 4.69) is 5.32 Å². The molecule has 22 heavy (non-hydrogen) atoms. The van der Waals surface area contributed by atoms with Crippen LogP contribution in [-0.4, -0.2) is 42.9 Å². The fourth-order valence-electron chi connectivity index (χ4n) is 1.55. The molecule has 0 atom stereocenters. The summed E-state index contributed by atoms with van der Waals surface area (Å²) in [5.41, 5.74) is 1.76. The van der Waals surface area contributed by atoms with Gasteiger partial charge in [0.25, 0.3) is 5.91 Å². The Morgan fingerprint density at radius 2 is 1.77 bits per heavy atom. The van der Waals surface area contributed by atoms with Gasteiger partial charge in [-0.1, -0.05) is 31.5 Å². The second kappa shape index (κ2) is 8.17. The Bertz CT molecular complexity index is 538. The molecule has 0 aliphatic heterocycles. The van der Waals surface area contributed by atoms with Gasteiger partial charge in [-0.3, -0.25) is 14.4 Å². The number of nitrogens with zero attached hydrogens (tertiary/aromatic N) is 1. The first-order valence-corrected chi connectivity index (χ1v) is 7.06. The minimum atomic E-state index is -0.439. The first kappa shape index (κ1) is 17.7. The highest BCUT2D eigenvalue weighted by Crippen LogP contribution is 2.08. The predicted molar refractivity (Wildman–Crippen MR) is 83.2 cm³/mol. The van der Waals surface area contributed by atoms with Gasteiger partial charge in [0.2, 0.25) is 5.91 Å². The molecule has 2 amide bonds. The second-order valence-electron chi connectivity index (χ2n) is 5.43. The van der Waals surface area contributed by atoms with Crippen LogP contribution in [0, 0.1) is 12.8 Å². The van der Waals surface area contributed by atoms with Gasteiger partial charge >= 0.3 is 5.97 Å². The summed E-state index contributed by atoms with van der Waals surface area (Å²) in [7, 11) is 1.49. The molecular weight excluding hydrogens is 284 g/mol. The number of rotatable bonds is 6. The lowest BCUT2D eigenvalue weighted by Gasteiger charge is -2.17. The third-order valence-electron chi connectivity index (χ3n) is 2.95. The van der Waals surface area contributed by atoms with E-state index in [-0.39, 0.29) is 25.0 Å². The van der Waals surface area contributed by atoms with Crippen LogP contribution in [0.3, 0.4) is 0 Å². The van der Waals surface area contributed by atoms with Crippen LogP contribution >= 0.6 is 0 Å². The number of esters is 1. The molecule has 1 N–H and O–H groups in total. The molecular formula is C16H22N2O4. The van der Waals surface area contributed by atoms with Crippen molar-refractivity contribution in [2.24, 2.45) is 5.92 Å². The van der Waals surface area contributed by atoms with Crippen molar-refractivity contribution in [1.82, 2.24) is 4.90 Å². The molecule has 0 heterocycles. The molecule has 0 fully saturated rings. The first-order chi connectivity index (χ1) is 10.3. The Hall–Kier alpha value is -2.37. The van der Waals surface area contributed by atoms with E-state index in [1.54, 1.807) is 26.0 Å². The van der Waals surface area contributed by atoms with Gasteiger partial charge in [-0.05, 0) is 19.1 Å². The van der Waals surface area contributed by atoms with Crippen molar-refractivity contribution in [3.63, 3.8) is 0 Å². The van der Waals surface area contributed by atoms with E-state index in [1.807, 2.05) is 19.1 Å². The average Bonchev–Trinajstić information content (AvgIpc) is 2.46. The highest BCUT2D eigenvalue weighted by molar-refractivity contribution is 5.94. The lowest BCUT2D eigenvalue weighted by molar-refractivity contribution is -0.154. The van der Waals surface area contributed by atoms with Gasteiger partial charge in [0.1, 0.15) is 0 Å². The summed E-state index contributed by atoms with van der Waals surface area (Å²) in [4.78, 5) is 36.1. The first-order valence-electron chi connectivity index (χ1n) is 7.06. The fourth-order valence-corrected chi connectivity index (χ4v) is 1.55. The van der Waals surface area contributed by atoms with E-state index in [0.29, 0.717) is 5.69 Å².